The average molecular weight is 287 g/mol. The SMILES string of the molecule is COc1cc(C)cc(F)c1C1(CN)CCC(F)(F)CC1. The predicted molar refractivity (Wildman–Crippen MR) is 71.8 cm³/mol. The second-order valence-corrected chi connectivity index (χ2v) is 5.66. The van der Waals surface area contributed by atoms with Gasteiger partial charge in [0.15, 0.2) is 0 Å². The molecule has 0 spiro atoms. The Labute approximate surface area is 117 Å². The normalized spacial score (nSPS) is 20.7. The van der Waals surface area contributed by atoms with Crippen molar-refractivity contribution in [2.45, 2.75) is 43.9 Å². The van der Waals surface area contributed by atoms with E-state index in [-0.39, 0.29) is 32.2 Å². The van der Waals surface area contributed by atoms with E-state index >= 15 is 0 Å². The van der Waals surface area contributed by atoms with Crippen molar-refractivity contribution in [2.24, 2.45) is 5.73 Å². The topological polar surface area (TPSA) is 35.2 Å². The lowest BCUT2D eigenvalue weighted by atomic mass is 9.68. The van der Waals surface area contributed by atoms with Crippen LogP contribution in [0.25, 0.3) is 0 Å². The van der Waals surface area contributed by atoms with E-state index in [2.05, 4.69) is 0 Å². The molecule has 1 saturated carbocycles. The Morgan fingerprint density at radius 2 is 1.80 bits per heavy atom. The molecule has 0 atom stereocenters. The summed E-state index contributed by atoms with van der Waals surface area (Å²) in [6, 6.07) is 3.13. The number of ether oxygens (including phenoxy) is 1. The van der Waals surface area contributed by atoms with Crippen LogP contribution in [0.3, 0.4) is 0 Å². The standard InChI is InChI=1S/C15H20F3NO/c1-10-7-11(16)13(12(8-10)20-2)14(9-19)3-5-15(17,18)6-4-14/h7-8H,3-6,9,19H2,1-2H3. The average Bonchev–Trinajstić information content (AvgIpc) is 2.39. The van der Waals surface area contributed by atoms with Gasteiger partial charge in [0, 0.05) is 30.4 Å². The summed E-state index contributed by atoms with van der Waals surface area (Å²) in [4.78, 5) is 0. The van der Waals surface area contributed by atoms with Crippen LogP contribution < -0.4 is 10.5 Å². The van der Waals surface area contributed by atoms with Gasteiger partial charge in [0.25, 0.3) is 0 Å². The van der Waals surface area contributed by atoms with Crippen molar-refractivity contribution < 1.29 is 17.9 Å². The summed E-state index contributed by atoms with van der Waals surface area (Å²) in [6.07, 6.45) is -0.180. The molecule has 1 aromatic carbocycles. The van der Waals surface area contributed by atoms with Gasteiger partial charge >= 0.3 is 0 Å². The Kier molecular flexibility index (Phi) is 4.00. The summed E-state index contributed by atoms with van der Waals surface area (Å²) >= 11 is 0. The maximum atomic E-state index is 14.4. The molecule has 2 N–H and O–H groups in total. The first-order valence-electron chi connectivity index (χ1n) is 6.76. The van der Waals surface area contributed by atoms with Gasteiger partial charge in [-0.1, -0.05) is 0 Å². The maximum Gasteiger partial charge on any atom is 0.248 e. The third-order valence-electron chi connectivity index (χ3n) is 4.28. The number of methoxy groups -OCH3 is 1. The molecule has 20 heavy (non-hydrogen) atoms. The molecule has 1 aliphatic rings. The zero-order valence-corrected chi connectivity index (χ0v) is 11.8. The lowest BCUT2D eigenvalue weighted by molar-refractivity contribution is -0.0515. The highest BCUT2D eigenvalue weighted by atomic mass is 19.3. The van der Waals surface area contributed by atoms with Crippen molar-refractivity contribution in [3.63, 3.8) is 0 Å². The van der Waals surface area contributed by atoms with Crippen LogP contribution in [-0.4, -0.2) is 19.6 Å². The zero-order valence-electron chi connectivity index (χ0n) is 11.8. The van der Waals surface area contributed by atoms with Gasteiger partial charge in [0.05, 0.1) is 7.11 Å². The maximum absolute atomic E-state index is 14.4. The van der Waals surface area contributed by atoms with E-state index in [1.54, 1.807) is 13.0 Å². The minimum atomic E-state index is -2.67. The third-order valence-corrected chi connectivity index (χ3v) is 4.28. The monoisotopic (exact) mass is 287 g/mol. The molecule has 0 saturated heterocycles. The van der Waals surface area contributed by atoms with Gasteiger partial charge in [-0.3, -0.25) is 0 Å². The van der Waals surface area contributed by atoms with E-state index in [0.29, 0.717) is 11.3 Å². The van der Waals surface area contributed by atoms with Crippen molar-refractivity contribution in [1.82, 2.24) is 0 Å². The van der Waals surface area contributed by atoms with Crippen LogP contribution in [0.1, 0.15) is 36.8 Å². The van der Waals surface area contributed by atoms with Crippen molar-refractivity contribution in [2.75, 3.05) is 13.7 Å². The predicted octanol–water partition coefficient (Wildman–Crippen LogP) is 3.55. The van der Waals surface area contributed by atoms with Crippen LogP contribution in [0.2, 0.25) is 0 Å². The molecule has 1 aliphatic carbocycles. The molecule has 1 fully saturated rings. The van der Waals surface area contributed by atoms with Gasteiger partial charge in [0.1, 0.15) is 11.6 Å². The number of hydrogen-bond acceptors (Lipinski definition) is 2. The van der Waals surface area contributed by atoms with Gasteiger partial charge in [0.2, 0.25) is 5.92 Å². The molecule has 2 nitrogen and oxygen atoms in total. The van der Waals surface area contributed by atoms with Gasteiger partial charge in [-0.25, -0.2) is 13.2 Å². The highest BCUT2D eigenvalue weighted by Gasteiger charge is 2.46. The Morgan fingerprint density at radius 1 is 1.20 bits per heavy atom. The van der Waals surface area contributed by atoms with E-state index in [0.717, 1.165) is 5.56 Å². The molecule has 1 aromatic rings. The summed E-state index contributed by atoms with van der Waals surface area (Å²) < 4.78 is 46.4. The van der Waals surface area contributed by atoms with Crippen LogP contribution in [0, 0.1) is 12.7 Å². The first kappa shape index (κ1) is 15.2. The molecule has 0 amide bonds. The number of hydrogen-bond donors (Lipinski definition) is 1. The van der Waals surface area contributed by atoms with E-state index in [4.69, 9.17) is 10.5 Å². The Balaban J connectivity index is 2.47. The fourth-order valence-electron chi connectivity index (χ4n) is 3.04. The molecule has 0 aliphatic heterocycles. The third kappa shape index (κ3) is 2.64. The fourth-order valence-corrected chi connectivity index (χ4v) is 3.04. The molecule has 0 aromatic heterocycles. The van der Waals surface area contributed by atoms with Gasteiger partial charge < -0.3 is 10.5 Å². The number of alkyl halides is 2. The summed E-state index contributed by atoms with van der Waals surface area (Å²) in [5.41, 5.74) is 6.15. The first-order valence-corrected chi connectivity index (χ1v) is 6.76. The van der Waals surface area contributed by atoms with E-state index in [9.17, 15) is 13.2 Å². The van der Waals surface area contributed by atoms with Crippen LogP contribution in [0.5, 0.6) is 5.75 Å². The van der Waals surface area contributed by atoms with Crippen molar-refractivity contribution >= 4 is 0 Å². The van der Waals surface area contributed by atoms with Gasteiger partial charge in [-0.15, -0.1) is 0 Å². The molecular weight excluding hydrogens is 267 g/mol. The highest BCUT2D eigenvalue weighted by molar-refractivity contribution is 5.44. The molecule has 0 radical (unpaired) electrons. The van der Waals surface area contributed by atoms with Gasteiger partial charge in [-0.2, -0.15) is 0 Å². The van der Waals surface area contributed by atoms with Crippen molar-refractivity contribution in [3.05, 3.63) is 29.1 Å². The second-order valence-electron chi connectivity index (χ2n) is 5.66. The Morgan fingerprint density at radius 3 is 2.30 bits per heavy atom. The number of halogens is 3. The second kappa shape index (κ2) is 5.28. The minimum Gasteiger partial charge on any atom is -0.496 e. The quantitative estimate of drug-likeness (QED) is 0.922. The molecule has 2 rings (SSSR count). The molecule has 0 heterocycles. The van der Waals surface area contributed by atoms with E-state index in [1.807, 2.05) is 0 Å². The molecule has 112 valence electrons. The molecule has 5 heteroatoms. The lowest BCUT2D eigenvalue weighted by Gasteiger charge is -2.40. The van der Waals surface area contributed by atoms with Crippen molar-refractivity contribution in [1.29, 1.82) is 0 Å². The number of aryl methyl sites for hydroxylation is 1. The summed E-state index contributed by atoms with van der Waals surface area (Å²) in [6.45, 7) is 1.90. The van der Waals surface area contributed by atoms with Crippen LogP contribution in [-0.2, 0) is 5.41 Å². The number of rotatable bonds is 3. The molecule has 0 bridgehead atoms. The smallest absolute Gasteiger partial charge is 0.248 e. The summed E-state index contributed by atoms with van der Waals surface area (Å²) in [5, 5.41) is 0. The largest absolute Gasteiger partial charge is 0.496 e. The Hall–Kier alpha value is -1.23. The summed E-state index contributed by atoms with van der Waals surface area (Å²) in [5.74, 6) is -2.69. The van der Waals surface area contributed by atoms with E-state index in [1.165, 1.54) is 13.2 Å². The Bertz CT molecular complexity index is 492. The number of benzene rings is 1. The van der Waals surface area contributed by atoms with Crippen LogP contribution in [0.4, 0.5) is 13.2 Å². The highest BCUT2D eigenvalue weighted by Crippen LogP contribution is 2.48. The zero-order chi connectivity index (χ0) is 15.0. The minimum absolute atomic E-state index is 0.138. The summed E-state index contributed by atoms with van der Waals surface area (Å²) in [7, 11) is 1.46. The van der Waals surface area contributed by atoms with Crippen LogP contribution in [0.15, 0.2) is 12.1 Å². The first-order chi connectivity index (χ1) is 9.33. The lowest BCUT2D eigenvalue weighted by Crippen LogP contribution is -2.43. The van der Waals surface area contributed by atoms with Crippen LogP contribution >= 0.6 is 0 Å². The molecular formula is C15H20F3NO. The molecule has 0 unspecified atom stereocenters. The fraction of sp³-hybridized carbons (Fsp3) is 0.600. The van der Waals surface area contributed by atoms with Crippen molar-refractivity contribution in [3.8, 4) is 5.75 Å². The van der Waals surface area contributed by atoms with Gasteiger partial charge in [-0.05, 0) is 37.5 Å². The number of nitrogens with two attached hydrogens (primary N) is 1. The van der Waals surface area contributed by atoms with E-state index < -0.39 is 17.2 Å².